The van der Waals surface area contributed by atoms with Gasteiger partial charge >= 0.3 is 6.18 Å². The van der Waals surface area contributed by atoms with Gasteiger partial charge in [-0.05, 0) is 70.3 Å². The van der Waals surface area contributed by atoms with Crippen molar-refractivity contribution in [3.05, 3.63) is 60.2 Å². The Balaban J connectivity index is 1.71. The van der Waals surface area contributed by atoms with E-state index in [1.54, 1.807) is 18.2 Å². The molecule has 0 aromatic heterocycles. The van der Waals surface area contributed by atoms with Crippen LogP contribution >= 0.6 is 0 Å². The van der Waals surface area contributed by atoms with E-state index in [-0.39, 0.29) is 22.7 Å². The summed E-state index contributed by atoms with van der Waals surface area (Å²) in [6.07, 6.45) is -3.56. The highest BCUT2D eigenvalue weighted by atomic mass is 32.2. The summed E-state index contributed by atoms with van der Waals surface area (Å²) in [5, 5.41) is 4.96. The summed E-state index contributed by atoms with van der Waals surface area (Å²) in [5.41, 5.74) is -1.44. The second-order valence-corrected chi connectivity index (χ2v) is 12.1. The fraction of sp³-hybridized carbons (Fsp3) is 0.481. The maximum atomic E-state index is 13.2. The van der Waals surface area contributed by atoms with Gasteiger partial charge in [0, 0.05) is 18.1 Å². The second-order valence-electron chi connectivity index (χ2n) is 10.0. The third-order valence-electron chi connectivity index (χ3n) is 7.06. The fourth-order valence-corrected chi connectivity index (χ4v) is 6.54. The normalized spacial score (nSPS) is 20.4. The molecular weight excluding hydrogens is 519 g/mol. The van der Waals surface area contributed by atoms with Crippen LogP contribution in [0.5, 0.6) is 0 Å². The SMILES string of the molecule is CC(C)N(C)C1CCC(NC(=O)CC(=O)Nc2ccccc2C(F)(F)F)C(CS(=O)(=O)c2ccccc2)C1. The van der Waals surface area contributed by atoms with Crippen LogP contribution in [0.3, 0.4) is 0 Å². The third kappa shape index (κ3) is 7.80. The Labute approximate surface area is 221 Å². The van der Waals surface area contributed by atoms with Gasteiger partial charge in [0.2, 0.25) is 11.8 Å². The van der Waals surface area contributed by atoms with E-state index in [1.165, 1.54) is 24.3 Å². The number of rotatable bonds is 9. The summed E-state index contributed by atoms with van der Waals surface area (Å²) < 4.78 is 66.0. The van der Waals surface area contributed by atoms with Crippen LogP contribution in [0, 0.1) is 5.92 Å². The van der Waals surface area contributed by atoms with E-state index in [0.29, 0.717) is 12.8 Å². The Morgan fingerprint density at radius 3 is 2.26 bits per heavy atom. The van der Waals surface area contributed by atoms with Crippen LogP contribution in [-0.2, 0) is 25.6 Å². The van der Waals surface area contributed by atoms with Crippen molar-refractivity contribution >= 4 is 27.3 Å². The first-order valence-electron chi connectivity index (χ1n) is 12.5. The average molecular weight is 554 g/mol. The zero-order chi connectivity index (χ0) is 28.1. The van der Waals surface area contributed by atoms with Crippen molar-refractivity contribution in [2.75, 3.05) is 18.1 Å². The van der Waals surface area contributed by atoms with Gasteiger partial charge in [0.25, 0.3) is 0 Å². The molecule has 2 aromatic carbocycles. The number of carbonyl (C=O) groups is 2. The van der Waals surface area contributed by atoms with Crippen molar-refractivity contribution < 1.29 is 31.2 Å². The highest BCUT2D eigenvalue weighted by molar-refractivity contribution is 7.91. The molecule has 0 bridgehead atoms. The van der Waals surface area contributed by atoms with Crippen LogP contribution in [0.25, 0.3) is 0 Å². The van der Waals surface area contributed by atoms with Crippen molar-refractivity contribution in [3.8, 4) is 0 Å². The van der Waals surface area contributed by atoms with Crippen molar-refractivity contribution in [1.82, 2.24) is 10.2 Å². The van der Waals surface area contributed by atoms with Gasteiger partial charge in [-0.1, -0.05) is 30.3 Å². The van der Waals surface area contributed by atoms with Gasteiger partial charge in [0.15, 0.2) is 9.84 Å². The largest absolute Gasteiger partial charge is 0.418 e. The lowest BCUT2D eigenvalue weighted by molar-refractivity contribution is -0.137. The molecule has 0 aliphatic heterocycles. The highest BCUT2D eigenvalue weighted by Crippen LogP contribution is 2.35. The van der Waals surface area contributed by atoms with Crippen LogP contribution in [0.2, 0.25) is 0 Å². The molecule has 0 spiro atoms. The molecule has 7 nitrogen and oxygen atoms in total. The predicted octanol–water partition coefficient (Wildman–Crippen LogP) is 4.50. The van der Waals surface area contributed by atoms with E-state index < -0.39 is 57.5 Å². The number of carbonyl (C=O) groups excluding carboxylic acids is 2. The Morgan fingerprint density at radius 2 is 1.63 bits per heavy atom. The molecular formula is C27H34F3N3O4S. The molecule has 1 saturated carbocycles. The van der Waals surface area contributed by atoms with E-state index >= 15 is 0 Å². The van der Waals surface area contributed by atoms with E-state index in [1.807, 2.05) is 7.05 Å². The topological polar surface area (TPSA) is 95.6 Å². The Bertz CT molecular complexity index is 1220. The molecule has 0 radical (unpaired) electrons. The zero-order valence-electron chi connectivity index (χ0n) is 21.7. The summed E-state index contributed by atoms with van der Waals surface area (Å²) in [7, 11) is -1.65. The van der Waals surface area contributed by atoms with Gasteiger partial charge in [-0.15, -0.1) is 0 Å². The number of anilines is 1. The molecule has 11 heteroatoms. The summed E-state index contributed by atoms with van der Waals surface area (Å²) in [5.74, 6) is -2.14. The predicted molar refractivity (Wildman–Crippen MR) is 139 cm³/mol. The van der Waals surface area contributed by atoms with Crippen LogP contribution in [-0.4, -0.2) is 56.1 Å². The smallest absolute Gasteiger partial charge is 0.353 e. The number of alkyl halides is 3. The number of sulfone groups is 1. The quantitative estimate of drug-likeness (QED) is 0.446. The maximum absolute atomic E-state index is 13.2. The molecule has 1 aliphatic carbocycles. The van der Waals surface area contributed by atoms with E-state index in [9.17, 15) is 31.2 Å². The standard InChI is InChI=1S/C27H34F3N3O4S/c1-18(2)33(3)20-13-14-23(19(15-20)17-38(36,37)21-9-5-4-6-10-21)31-25(34)16-26(35)32-24-12-8-7-11-22(24)27(28,29)30/h4-12,18-20,23H,13-17H2,1-3H3,(H,31,34)(H,32,35). The lowest BCUT2D eigenvalue weighted by Crippen LogP contribution is -2.51. The van der Waals surface area contributed by atoms with Crippen LogP contribution in [0.1, 0.15) is 45.1 Å². The van der Waals surface area contributed by atoms with E-state index in [0.717, 1.165) is 18.6 Å². The second kappa shape index (κ2) is 12.3. The van der Waals surface area contributed by atoms with Crippen LogP contribution in [0.15, 0.2) is 59.5 Å². The Morgan fingerprint density at radius 1 is 1.00 bits per heavy atom. The number of hydrogen-bond donors (Lipinski definition) is 2. The Hall–Kier alpha value is -2.92. The number of nitrogens with one attached hydrogen (secondary N) is 2. The molecule has 3 rings (SSSR count). The van der Waals surface area contributed by atoms with Crippen LogP contribution in [0.4, 0.5) is 18.9 Å². The minimum absolute atomic E-state index is 0.126. The molecule has 208 valence electrons. The van der Waals surface area contributed by atoms with Gasteiger partial charge in [-0.25, -0.2) is 8.42 Å². The molecule has 1 fully saturated rings. The lowest BCUT2D eigenvalue weighted by atomic mass is 9.81. The molecule has 2 aromatic rings. The molecule has 0 saturated heterocycles. The minimum Gasteiger partial charge on any atom is -0.353 e. The molecule has 38 heavy (non-hydrogen) atoms. The number of para-hydroxylation sites is 1. The summed E-state index contributed by atoms with van der Waals surface area (Å²) in [6, 6.07) is 12.5. The van der Waals surface area contributed by atoms with Crippen molar-refractivity contribution in [2.24, 2.45) is 5.92 Å². The molecule has 2 amide bonds. The first-order valence-corrected chi connectivity index (χ1v) is 14.2. The van der Waals surface area contributed by atoms with Gasteiger partial charge in [-0.2, -0.15) is 13.2 Å². The van der Waals surface area contributed by atoms with E-state index in [2.05, 4.69) is 29.4 Å². The zero-order valence-corrected chi connectivity index (χ0v) is 22.5. The number of amides is 2. The van der Waals surface area contributed by atoms with Crippen molar-refractivity contribution in [1.29, 1.82) is 0 Å². The fourth-order valence-electron chi connectivity index (χ4n) is 4.85. The first-order chi connectivity index (χ1) is 17.8. The highest BCUT2D eigenvalue weighted by Gasteiger charge is 2.37. The molecule has 1 aliphatic rings. The number of benzene rings is 2. The summed E-state index contributed by atoms with van der Waals surface area (Å²) in [4.78, 5) is 27.5. The molecule has 3 unspecified atom stereocenters. The van der Waals surface area contributed by atoms with Gasteiger partial charge in [0.1, 0.15) is 6.42 Å². The third-order valence-corrected chi connectivity index (χ3v) is 8.91. The van der Waals surface area contributed by atoms with Crippen molar-refractivity contribution in [3.63, 3.8) is 0 Å². The Kier molecular flexibility index (Phi) is 9.59. The lowest BCUT2D eigenvalue weighted by Gasteiger charge is -2.41. The maximum Gasteiger partial charge on any atom is 0.418 e. The number of nitrogens with zero attached hydrogens (tertiary/aromatic N) is 1. The van der Waals surface area contributed by atoms with Crippen LogP contribution < -0.4 is 10.6 Å². The number of hydrogen-bond acceptors (Lipinski definition) is 5. The monoisotopic (exact) mass is 553 g/mol. The van der Waals surface area contributed by atoms with Gasteiger partial charge < -0.3 is 15.5 Å². The van der Waals surface area contributed by atoms with Gasteiger partial charge in [-0.3, -0.25) is 9.59 Å². The average Bonchev–Trinajstić information content (AvgIpc) is 2.84. The number of halogens is 3. The summed E-state index contributed by atoms with van der Waals surface area (Å²) >= 11 is 0. The van der Waals surface area contributed by atoms with E-state index in [4.69, 9.17) is 0 Å². The molecule has 0 heterocycles. The molecule has 2 N–H and O–H groups in total. The molecule has 3 atom stereocenters. The van der Waals surface area contributed by atoms with Crippen molar-refractivity contribution in [2.45, 2.75) is 68.7 Å². The minimum atomic E-state index is -4.66. The van der Waals surface area contributed by atoms with Gasteiger partial charge in [0.05, 0.1) is 21.9 Å². The summed E-state index contributed by atoms with van der Waals surface area (Å²) in [6.45, 7) is 4.11. The first kappa shape index (κ1) is 29.6.